The molecule has 1 aromatic rings. The zero-order valence-corrected chi connectivity index (χ0v) is 11.9. The minimum absolute atomic E-state index is 0.125. The fourth-order valence-electron chi connectivity index (χ4n) is 2.45. The number of nitro groups is 1. The number of para-hydroxylation sites is 1. The third-order valence-corrected chi connectivity index (χ3v) is 3.62. The molecule has 0 radical (unpaired) electrons. The maximum atomic E-state index is 11.7. The number of carbonyl (C=O) groups excluding carboxylic acids is 1. The average Bonchev–Trinajstić information content (AvgIpc) is 2.47. The summed E-state index contributed by atoms with van der Waals surface area (Å²) in [5.74, 6) is -0.264. The molecule has 1 fully saturated rings. The number of hydrogen-bond acceptors (Lipinski definition) is 5. The fourth-order valence-corrected chi connectivity index (χ4v) is 2.45. The van der Waals surface area contributed by atoms with Crippen molar-refractivity contribution in [2.24, 2.45) is 0 Å². The topological polar surface area (TPSA) is 86.9 Å². The first-order valence-electron chi connectivity index (χ1n) is 6.90. The third-order valence-electron chi connectivity index (χ3n) is 3.62. The molecule has 21 heavy (non-hydrogen) atoms. The average molecular weight is 293 g/mol. The molecular formula is C14H19N3O4. The van der Waals surface area contributed by atoms with Crippen molar-refractivity contribution >= 4 is 11.6 Å². The van der Waals surface area contributed by atoms with Crippen molar-refractivity contribution in [1.29, 1.82) is 0 Å². The molecule has 1 N–H and O–H groups in total. The normalized spacial score (nSPS) is 17.5. The van der Waals surface area contributed by atoms with Gasteiger partial charge >= 0.3 is 0 Å². The molecule has 1 heterocycles. The van der Waals surface area contributed by atoms with E-state index in [9.17, 15) is 20.0 Å². The van der Waals surface area contributed by atoms with Gasteiger partial charge in [-0.1, -0.05) is 18.2 Å². The Labute approximate surface area is 122 Å². The Bertz CT molecular complexity index is 525. The number of rotatable bonds is 4. The number of carbonyl (C=O) groups is 1. The molecule has 1 aliphatic rings. The Morgan fingerprint density at radius 2 is 1.95 bits per heavy atom. The van der Waals surface area contributed by atoms with Crippen LogP contribution in [0, 0.1) is 10.1 Å². The van der Waals surface area contributed by atoms with Crippen LogP contribution in [0.25, 0.3) is 0 Å². The number of amides is 1. The van der Waals surface area contributed by atoms with Gasteiger partial charge in [-0.25, -0.2) is 0 Å². The summed E-state index contributed by atoms with van der Waals surface area (Å²) in [6.07, 6.45) is -0.980. The molecule has 7 heteroatoms. The molecule has 0 aliphatic carbocycles. The number of aliphatic hydroxyl groups excluding tert-OH is 1. The summed E-state index contributed by atoms with van der Waals surface area (Å²) >= 11 is 0. The van der Waals surface area contributed by atoms with Crippen molar-refractivity contribution in [3.8, 4) is 0 Å². The van der Waals surface area contributed by atoms with Crippen molar-refractivity contribution in [2.75, 3.05) is 26.2 Å². The maximum Gasteiger partial charge on any atom is 0.273 e. The summed E-state index contributed by atoms with van der Waals surface area (Å²) in [4.78, 5) is 26.0. The van der Waals surface area contributed by atoms with Gasteiger partial charge in [0.2, 0.25) is 0 Å². The van der Waals surface area contributed by atoms with Crippen LogP contribution in [0.1, 0.15) is 12.5 Å². The van der Waals surface area contributed by atoms with E-state index in [0.717, 1.165) is 0 Å². The molecule has 0 saturated carbocycles. The Morgan fingerprint density at radius 1 is 1.33 bits per heavy atom. The van der Waals surface area contributed by atoms with Crippen LogP contribution in [0.15, 0.2) is 24.3 Å². The highest BCUT2D eigenvalue weighted by Gasteiger charge is 2.24. The van der Waals surface area contributed by atoms with Gasteiger partial charge in [-0.05, 0) is 6.92 Å². The van der Waals surface area contributed by atoms with Crippen LogP contribution in [0.5, 0.6) is 0 Å². The largest absolute Gasteiger partial charge is 0.384 e. The second kappa shape index (κ2) is 6.64. The van der Waals surface area contributed by atoms with E-state index in [1.165, 1.54) is 13.0 Å². The first-order valence-corrected chi connectivity index (χ1v) is 6.90. The third kappa shape index (κ3) is 3.77. The number of aliphatic hydroxyl groups is 1. The van der Waals surface area contributed by atoms with Crippen LogP contribution in [0.4, 0.5) is 5.69 Å². The van der Waals surface area contributed by atoms with Gasteiger partial charge in [0.1, 0.15) is 6.10 Å². The van der Waals surface area contributed by atoms with Crippen LogP contribution in [0.3, 0.4) is 0 Å². The second-order valence-electron chi connectivity index (χ2n) is 5.16. The summed E-state index contributed by atoms with van der Waals surface area (Å²) < 4.78 is 0. The lowest BCUT2D eigenvalue weighted by Gasteiger charge is -2.35. The number of piperazine rings is 1. The summed E-state index contributed by atoms with van der Waals surface area (Å²) in [5.41, 5.74) is 0.804. The van der Waals surface area contributed by atoms with Crippen LogP contribution >= 0.6 is 0 Å². The lowest BCUT2D eigenvalue weighted by molar-refractivity contribution is -0.385. The smallest absolute Gasteiger partial charge is 0.273 e. The molecule has 0 bridgehead atoms. The Hall–Kier alpha value is -1.99. The van der Waals surface area contributed by atoms with Gasteiger partial charge in [0.15, 0.2) is 0 Å². The quantitative estimate of drug-likeness (QED) is 0.649. The van der Waals surface area contributed by atoms with E-state index < -0.39 is 6.10 Å². The number of nitro benzene ring substituents is 1. The minimum Gasteiger partial charge on any atom is -0.384 e. The fraction of sp³-hybridized carbons (Fsp3) is 0.500. The molecule has 1 aromatic carbocycles. The predicted octanol–water partition coefficient (Wildman–Crippen LogP) is 0.620. The van der Waals surface area contributed by atoms with E-state index in [-0.39, 0.29) is 16.5 Å². The van der Waals surface area contributed by atoms with E-state index in [2.05, 4.69) is 4.90 Å². The highest BCUT2D eigenvalue weighted by Crippen LogP contribution is 2.20. The zero-order valence-electron chi connectivity index (χ0n) is 11.9. The molecule has 1 saturated heterocycles. The first kappa shape index (κ1) is 15.4. The Kier molecular flexibility index (Phi) is 4.87. The molecule has 7 nitrogen and oxygen atoms in total. The second-order valence-corrected chi connectivity index (χ2v) is 5.16. The molecule has 0 spiro atoms. The van der Waals surface area contributed by atoms with E-state index in [1.54, 1.807) is 23.1 Å². The molecular weight excluding hydrogens is 274 g/mol. The summed E-state index contributed by atoms with van der Waals surface area (Å²) in [5, 5.41) is 20.3. The highest BCUT2D eigenvalue weighted by molar-refractivity contribution is 5.80. The Balaban J connectivity index is 1.95. The van der Waals surface area contributed by atoms with Gasteiger partial charge in [-0.3, -0.25) is 19.8 Å². The predicted molar refractivity (Wildman–Crippen MR) is 76.6 cm³/mol. The molecule has 0 aromatic heterocycles. The molecule has 114 valence electrons. The van der Waals surface area contributed by atoms with Crippen LogP contribution in [0.2, 0.25) is 0 Å². The van der Waals surface area contributed by atoms with Crippen molar-refractivity contribution in [3.63, 3.8) is 0 Å². The monoisotopic (exact) mass is 293 g/mol. The number of benzene rings is 1. The van der Waals surface area contributed by atoms with Crippen LogP contribution in [-0.4, -0.2) is 58.0 Å². The summed E-state index contributed by atoms with van der Waals surface area (Å²) in [6, 6.07) is 6.70. The van der Waals surface area contributed by atoms with Gasteiger partial charge in [0.05, 0.1) is 4.92 Å². The number of hydrogen-bond donors (Lipinski definition) is 1. The van der Waals surface area contributed by atoms with Gasteiger partial charge in [0.25, 0.3) is 11.6 Å². The van der Waals surface area contributed by atoms with Gasteiger partial charge < -0.3 is 10.0 Å². The molecule has 1 aliphatic heterocycles. The van der Waals surface area contributed by atoms with Crippen molar-refractivity contribution in [2.45, 2.75) is 19.6 Å². The maximum absolute atomic E-state index is 11.7. The minimum atomic E-state index is -0.980. The summed E-state index contributed by atoms with van der Waals surface area (Å²) in [6.45, 7) is 4.31. The van der Waals surface area contributed by atoms with E-state index in [0.29, 0.717) is 38.3 Å². The van der Waals surface area contributed by atoms with Gasteiger partial charge in [-0.2, -0.15) is 0 Å². The zero-order chi connectivity index (χ0) is 15.4. The summed E-state index contributed by atoms with van der Waals surface area (Å²) in [7, 11) is 0. The molecule has 2 rings (SSSR count). The van der Waals surface area contributed by atoms with E-state index in [4.69, 9.17) is 0 Å². The van der Waals surface area contributed by atoms with Gasteiger partial charge in [-0.15, -0.1) is 0 Å². The van der Waals surface area contributed by atoms with Crippen molar-refractivity contribution in [1.82, 2.24) is 9.80 Å². The van der Waals surface area contributed by atoms with Crippen LogP contribution < -0.4 is 0 Å². The standard InChI is InChI=1S/C14H19N3O4/c1-11(18)14(19)16-8-6-15(7-9-16)10-12-4-2-3-5-13(12)17(20)21/h2-5,11,18H,6-10H2,1H3. The Morgan fingerprint density at radius 3 is 2.52 bits per heavy atom. The van der Waals surface area contributed by atoms with Crippen molar-refractivity contribution in [3.05, 3.63) is 39.9 Å². The molecule has 1 unspecified atom stereocenters. The van der Waals surface area contributed by atoms with Crippen LogP contribution in [-0.2, 0) is 11.3 Å². The van der Waals surface area contributed by atoms with E-state index >= 15 is 0 Å². The molecule has 1 amide bonds. The lowest BCUT2D eigenvalue weighted by atomic mass is 10.1. The first-order chi connectivity index (χ1) is 9.99. The molecule has 1 atom stereocenters. The SMILES string of the molecule is CC(O)C(=O)N1CCN(Cc2ccccc2[N+](=O)[O-])CC1. The highest BCUT2D eigenvalue weighted by atomic mass is 16.6. The lowest BCUT2D eigenvalue weighted by Crippen LogP contribution is -2.50. The van der Waals surface area contributed by atoms with Gasteiger partial charge in [0, 0.05) is 44.4 Å². The van der Waals surface area contributed by atoms with Crippen molar-refractivity contribution < 1.29 is 14.8 Å². The van der Waals surface area contributed by atoms with E-state index in [1.807, 2.05) is 0 Å². The number of nitrogens with zero attached hydrogens (tertiary/aromatic N) is 3.